The van der Waals surface area contributed by atoms with Crippen molar-refractivity contribution >= 4 is 15.9 Å². The molecular formula is C32H35F3N2O7S. The fourth-order valence-electron chi connectivity index (χ4n) is 4.77. The van der Waals surface area contributed by atoms with E-state index >= 15 is 0 Å². The van der Waals surface area contributed by atoms with Gasteiger partial charge in [-0.15, -0.1) is 0 Å². The molecule has 3 aromatic carbocycles. The van der Waals surface area contributed by atoms with Crippen LogP contribution >= 0.6 is 0 Å². The summed E-state index contributed by atoms with van der Waals surface area (Å²) >= 11 is 0. The normalized spacial score (nSPS) is 17.0. The Balaban J connectivity index is 1.46. The van der Waals surface area contributed by atoms with Gasteiger partial charge >= 0.3 is 6.18 Å². The Bertz CT molecular complexity index is 1530. The number of ether oxygens (including phenoxy) is 3. The number of aliphatic hydroxyl groups is 1. The summed E-state index contributed by atoms with van der Waals surface area (Å²) in [6.07, 6.45) is -3.21. The first-order chi connectivity index (χ1) is 21.5. The van der Waals surface area contributed by atoms with Crippen LogP contribution in [0.25, 0.3) is 0 Å². The number of amides is 1. The molecule has 2 N–H and O–H groups in total. The number of hydrogen-bond donors (Lipinski definition) is 2. The van der Waals surface area contributed by atoms with Crippen LogP contribution < -0.4 is 10.1 Å². The molecule has 0 saturated carbocycles. The van der Waals surface area contributed by atoms with E-state index in [9.17, 15) is 31.5 Å². The summed E-state index contributed by atoms with van der Waals surface area (Å²) in [6.45, 7) is -0.585. The lowest BCUT2D eigenvalue weighted by Crippen LogP contribution is -2.38. The van der Waals surface area contributed by atoms with Crippen molar-refractivity contribution in [2.24, 2.45) is 0 Å². The number of rotatable bonds is 14. The van der Waals surface area contributed by atoms with Gasteiger partial charge in [0.25, 0.3) is 5.91 Å². The van der Waals surface area contributed by atoms with Gasteiger partial charge in [0, 0.05) is 32.0 Å². The lowest BCUT2D eigenvalue weighted by molar-refractivity contribution is -0.146. The monoisotopic (exact) mass is 648 g/mol. The summed E-state index contributed by atoms with van der Waals surface area (Å²) in [5.41, 5.74) is 0.756. The molecule has 4 rings (SSSR count). The van der Waals surface area contributed by atoms with Gasteiger partial charge in [-0.3, -0.25) is 4.79 Å². The average molecular weight is 649 g/mol. The number of sulfonamides is 1. The van der Waals surface area contributed by atoms with E-state index in [0.717, 1.165) is 22.0 Å². The number of benzene rings is 3. The number of halogens is 3. The summed E-state index contributed by atoms with van der Waals surface area (Å²) in [7, 11) is -2.53. The topological polar surface area (TPSA) is 114 Å². The minimum Gasteiger partial charge on any atom is -0.497 e. The number of methoxy groups -OCH3 is 1. The standard InChI is InChI=1S/C32H35F3N2O7S/c1-42-27-11-13-28(14-12-27)45(40,41)37(17-19-38)18-20-43-30-22-25(24-7-9-26(10-8-24)32(33,34)35)21-29(44-30)31(39)36-16-15-23-5-3-2-4-6-23/h2-14,21,25,30,38H,15-20,22H2,1H3,(H,36,39)/t25-,30+/m0/s1. The molecule has 0 fully saturated rings. The molecule has 0 aliphatic carbocycles. The van der Waals surface area contributed by atoms with Crippen LogP contribution in [0.15, 0.2) is 95.6 Å². The van der Waals surface area contributed by atoms with Gasteiger partial charge in [0.15, 0.2) is 5.76 Å². The summed E-state index contributed by atoms with van der Waals surface area (Å²) in [5.74, 6) is -0.601. The molecule has 0 saturated heterocycles. The van der Waals surface area contributed by atoms with Crippen LogP contribution in [0.1, 0.15) is 29.0 Å². The Kier molecular flexibility index (Phi) is 11.6. The molecule has 242 valence electrons. The summed E-state index contributed by atoms with van der Waals surface area (Å²) in [5, 5.41) is 12.3. The molecule has 0 unspecified atom stereocenters. The number of allylic oxidation sites excluding steroid dienone is 1. The van der Waals surface area contributed by atoms with E-state index in [1.807, 2.05) is 30.3 Å². The third kappa shape index (κ3) is 9.30. The third-order valence-electron chi connectivity index (χ3n) is 7.18. The van der Waals surface area contributed by atoms with Gasteiger partial charge in [0.1, 0.15) is 5.75 Å². The Morgan fingerprint density at radius 2 is 1.71 bits per heavy atom. The maximum Gasteiger partial charge on any atom is 0.416 e. The number of alkyl halides is 3. The highest BCUT2D eigenvalue weighted by Crippen LogP contribution is 2.34. The van der Waals surface area contributed by atoms with Gasteiger partial charge in [-0.2, -0.15) is 17.5 Å². The molecule has 1 amide bonds. The third-order valence-corrected chi connectivity index (χ3v) is 9.09. The van der Waals surface area contributed by atoms with Crippen molar-refractivity contribution in [1.29, 1.82) is 0 Å². The first-order valence-electron chi connectivity index (χ1n) is 14.3. The van der Waals surface area contributed by atoms with E-state index in [4.69, 9.17) is 14.2 Å². The molecule has 2 atom stereocenters. The van der Waals surface area contributed by atoms with Crippen molar-refractivity contribution in [3.63, 3.8) is 0 Å². The largest absolute Gasteiger partial charge is 0.497 e. The van der Waals surface area contributed by atoms with Crippen LogP contribution in [0.2, 0.25) is 0 Å². The number of carbonyl (C=O) groups excluding carboxylic acids is 1. The predicted molar refractivity (Wildman–Crippen MR) is 160 cm³/mol. The maximum absolute atomic E-state index is 13.2. The van der Waals surface area contributed by atoms with Crippen LogP contribution in [0.5, 0.6) is 5.75 Å². The molecular weight excluding hydrogens is 613 g/mol. The highest BCUT2D eigenvalue weighted by atomic mass is 32.2. The van der Waals surface area contributed by atoms with Crippen LogP contribution in [-0.4, -0.2) is 70.0 Å². The second-order valence-corrected chi connectivity index (χ2v) is 12.1. The zero-order valence-corrected chi connectivity index (χ0v) is 25.4. The number of carbonyl (C=O) groups is 1. The van der Waals surface area contributed by atoms with E-state index < -0.39 is 46.5 Å². The highest BCUT2D eigenvalue weighted by Gasteiger charge is 2.32. The first-order valence-corrected chi connectivity index (χ1v) is 15.7. The van der Waals surface area contributed by atoms with Crippen LogP contribution in [0.3, 0.4) is 0 Å². The molecule has 0 spiro atoms. The smallest absolute Gasteiger partial charge is 0.416 e. The van der Waals surface area contributed by atoms with Gasteiger partial charge in [-0.25, -0.2) is 8.42 Å². The molecule has 3 aromatic rings. The molecule has 0 aromatic heterocycles. The SMILES string of the molecule is COc1ccc(S(=O)(=O)N(CCO)CCO[C@H]2C[C@@H](c3ccc(C(F)(F)F)cc3)C=C(C(=O)NCCc3ccccc3)O2)cc1. The molecule has 1 heterocycles. The Labute approximate surface area is 260 Å². The van der Waals surface area contributed by atoms with E-state index in [1.165, 1.54) is 43.5 Å². The number of hydrogen-bond acceptors (Lipinski definition) is 7. The van der Waals surface area contributed by atoms with E-state index in [1.54, 1.807) is 6.08 Å². The lowest BCUT2D eigenvalue weighted by Gasteiger charge is -2.30. The van der Waals surface area contributed by atoms with Crippen molar-refractivity contribution in [1.82, 2.24) is 9.62 Å². The van der Waals surface area contributed by atoms with Crippen LogP contribution in [0, 0.1) is 0 Å². The number of nitrogens with one attached hydrogen (secondary N) is 1. The molecule has 0 bridgehead atoms. The van der Waals surface area contributed by atoms with Gasteiger partial charge in [0.05, 0.1) is 30.8 Å². The van der Waals surface area contributed by atoms with E-state index in [0.29, 0.717) is 24.3 Å². The molecule has 45 heavy (non-hydrogen) atoms. The highest BCUT2D eigenvalue weighted by molar-refractivity contribution is 7.89. The Morgan fingerprint density at radius 1 is 1.02 bits per heavy atom. The van der Waals surface area contributed by atoms with Crippen molar-refractivity contribution in [2.75, 3.05) is 40.0 Å². The first kappa shape index (κ1) is 34.0. The van der Waals surface area contributed by atoms with Crippen molar-refractivity contribution < 1.29 is 45.7 Å². The van der Waals surface area contributed by atoms with Gasteiger partial charge in [-0.1, -0.05) is 42.5 Å². The molecule has 0 radical (unpaired) electrons. The van der Waals surface area contributed by atoms with E-state index in [2.05, 4.69) is 5.32 Å². The van der Waals surface area contributed by atoms with Gasteiger partial charge in [-0.05, 0) is 60.0 Å². The molecule has 9 nitrogen and oxygen atoms in total. The average Bonchev–Trinajstić information content (AvgIpc) is 3.04. The van der Waals surface area contributed by atoms with Crippen molar-refractivity contribution in [2.45, 2.75) is 36.1 Å². The number of aliphatic hydroxyl groups excluding tert-OH is 1. The Hall–Kier alpha value is -3.91. The summed E-state index contributed by atoms with van der Waals surface area (Å²) in [4.78, 5) is 13.1. The zero-order valence-electron chi connectivity index (χ0n) is 24.6. The van der Waals surface area contributed by atoms with Crippen LogP contribution in [0.4, 0.5) is 13.2 Å². The number of nitrogens with zero attached hydrogens (tertiary/aromatic N) is 1. The second kappa shape index (κ2) is 15.4. The van der Waals surface area contributed by atoms with Gasteiger partial charge < -0.3 is 24.6 Å². The van der Waals surface area contributed by atoms with Crippen molar-refractivity contribution in [3.8, 4) is 5.75 Å². The lowest BCUT2D eigenvalue weighted by atomic mass is 9.92. The van der Waals surface area contributed by atoms with Crippen molar-refractivity contribution in [3.05, 3.63) is 107 Å². The fourth-order valence-corrected chi connectivity index (χ4v) is 6.18. The molecule has 13 heteroatoms. The Morgan fingerprint density at radius 3 is 2.33 bits per heavy atom. The quantitative estimate of drug-likeness (QED) is 0.265. The zero-order chi connectivity index (χ0) is 32.5. The minimum atomic E-state index is -4.49. The summed E-state index contributed by atoms with van der Waals surface area (Å²) in [6, 6.07) is 20.0. The molecule has 1 aliphatic heterocycles. The van der Waals surface area contributed by atoms with E-state index in [-0.39, 0.29) is 36.8 Å². The van der Waals surface area contributed by atoms with Crippen LogP contribution in [-0.2, 0) is 36.9 Å². The second-order valence-electron chi connectivity index (χ2n) is 10.2. The minimum absolute atomic E-state index is 0.00503. The predicted octanol–water partition coefficient (Wildman–Crippen LogP) is 4.49. The maximum atomic E-state index is 13.2. The summed E-state index contributed by atoms with van der Waals surface area (Å²) < 4.78 is 83.8. The fraction of sp³-hybridized carbons (Fsp3) is 0.344. The van der Waals surface area contributed by atoms with Gasteiger partial charge in [0.2, 0.25) is 16.3 Å². The molecule has 1 aliphatic rings.